The van der Waals surface area contributed by atoms with Crippen LogP contribution >= 0.6 is 0 Å². The third-order valence-electron chi connectivity index (χ3n) is 6.26. The van der Waals surface area contributed by atoms with E-state index in [0.29, 0.717) is 12.8 Å². The van der Waals surface area contributed by atoms with Gasteiger partial charge in [-0.3, -0.25) is 0 Å². The molecule has 0 spiro atoms. The van der Waals surface area contributed by atoms with Gasteiger partial charge < -0.3 is 15.3 Å². The Labute approximate surface area is 163 Å². The van der Waals surface area contributed by atoms with Crippen LogP contribution in [-0.2, 0) is 6.42 Å². The zero-order valence-electron chi connectivity index (χ0n) is 16.7. The smallest absolute Gasteiger partial charge is 0.0949 e. The van der Waals surface area contributed by atoms with E-state index < -0.39 is 17.3 Å². The molecule has 0 heterocycles. The maximum Gasteiger partial charge on any atom is 0.0949 e. The number of unbranched alkanes of at least 4 members (excludes halogenated alkanes) is 2. The molecule has 1 aromatic carbocycles. The molecule has 2 unspecified atom stereocenters. The van der Waals surface area contributed by atoms with E-state index >= 15 is 0 Å². The van der Waals surface area contributed by atoms with Gasteiger partial charge in [0.15, 0.2) is 0 Å². The lowest BCUT2D eigenvalue weighted by Gasteiger charge is -2.58. The van der Waals surface area contributed by atoms with Crippen LogP contribution in [0.25, 0.3) is 6.08 Å². The van der Waals surface area contributed by atoms with E-state index in [1.165, 1.54) is 5.56 Å². The van der Waals surface area contributed by atoms with Gasteiger partial charge in [-0.05, 0) is 62.1 Å². The number of fused-ring (bicyclic) bond motifs is 2. The molecule has 2 aliphatic rings. The second-order valence-electron chi connectivity index (χ2n) is 9.15. The van der Waals surface area contributed by atoms with Crippen LogP contribution < -0.4 is 0 Å². The summed E-state index contributed by atoms with van der Waals surface area (Å²) in [5.41, 5.74) is 1.89. The summed E-state index contributed by atoms with van der Waals surface area (Å²) in [4.78, 5) is 0. The Morgan fingerprint density at radius 1 is 1.26 bits per heavy atom. The molecule has 3 N–H and O–H groups in total. The molecule has 0 aliphatic heterocycles. The van der Waals surface area contributed by atoms with Crippen molar-refractivity contribution in [3.63, 3.8) is 0 Å². The third kappa shape index (κ3) is 4.71. The zero-order valence-corrected chi connectivity index (χ0v) is 16.7. The van der Waals surface area contributed by atoms with E-state index in [-0.39, 0.29) is 11.8 Å². The number of aliphatic hydroxyl groups excluding tert-OH is 1. The minimum atomic E-state index is -0.920. The average molecular weight is 371 g/mol. The summed E-state index contributed by atoms with van der Waals surface area (Å²) >= 11 is 0. The van der Waals surface area contributed by atoms with Crippen molar-refractivity contribution in [1.82, 2.24) is 0 Å². The summed E-state index contributed by atoms with van der Waals surface area (Å²) < 4.78 is 0. The predicted octanol–water partition coefficient (Wildman–Crippen LogP) is 4.26. The van der Waals surface area contributed by atoms with Gasteiger partial charge in [0.2, 0.25) is 0 Å². The Morgan fingerprint density at radius 2 is 2.04 bits per heavy atom. The molecule has 2 fully saturated rings. The van der Waals surface area contributed by atoms with Crippen LogP contribution in [0.4, 0.5) is 0 Å². The van der Waals surface area contributed by atoms with Gasteiger partial charge >= 0.3 is 0 Å². The molecule has 0 aromatic heterocycles. The van der Waals surface area contributed by atoms with Gasteiger partial charge in [-0.2, -0.15) is 0 Å². The summed E-state index contributed by atoms with van der Waals surface area (Å²) in [7, 11) is 0. The summed E-state index contributed by atoms with van der Waals surface area (Å²) in [5.74, 6) is 0.271. The first-order valence-electron chi connectivity index (χ1n) is 10.3. The van der Waals surface area contributed by atoms with E-state index in [0.717, 1.165) is 43.2 Å². The molecule has 4 atom stereocenters. The highest BCUT2D eigenvalue weighted by Crippen LogP contribution is 2.57. The molecule has 2 aliphatic carbocycles. The van der Waals surface area contributed by atoms with Gasteiger partial charge in [-0.1, -0.05) is 55.8 Å². The van der Waals surface area contributed by atoms with Gasteiger partial charge in [-0.25, -0.2) is 0 Å². The molecule has 2 bridgehead atoms. The molecule has 148 valence electrons. The van der Waals surface area contributed by atoms with E-state index in [9.17, 15) is 15.3 Å². The quantitative estimate of drug-likeness (QED) is 0.473. The van der Waals surface area contributed by atoms with Crippen molar-refractivity contribution in [2.75, 3.05) is 0 Å². The lowest BCUT2D eigenvalue weighted by molar-refractivity contribution is -0.126. The minimum Gasteiger partial charge on any atom is -0.393 e. The first-order chi connectivity index (χ1) is 12.7. The van der Waals surface area contributed by atoms with Crippen molar-refractivity contribution in [3.05, 3.63) is 53.6 Å². The van der Waals surface area contributed by atoms with Gasteiger partial charge in [0.25, 0.3) is 0 Å². The number of rotatable bonds is 8. The highest BCUT2D eigenvalue weighted by molar-refractivity contribution is 5.53. The fraction of sp³-hybridized carbons (Fsp3) is 0.583. The number of hydrogen-bond acceptors (Lipinski definition) is 3. The van der Waals surface area contributed by atoms with Gasteiger partial charge in [0.1, 0.15) is 0 Å². The molecule has 3 rings (SSSR count). The fourth-order valence-electron chi connectivity index (χ4n) is 4.70. The van der Waals surface area contributed by atoms with Gasteiger partial charge in [0, 0.05) is 12.3 Å². The highest BCUT2D eigenvalue weighted by atomic mass is 16.3. The van der Waals surface area contributed by atoms with E-state index in [1.807, 2.05) is 13.8 Å². The molecule has 27 heavy (non-hydrogen) atoms. The Hall–Kier alpha value is -1.42. The van der Waals surface area contributed by atoms with Crippen molar-refractivity contribution in [3.8, 4) is 0 Å². The van der Waals surface area contributed by atoms with Crippen molar-refractivity contribution in [2.24, 2.45) is 11.8 Å². The summed E-state index contributed by atoms with van der Waals surface area (Å²) in [6, 6.07) is 8.56. The number of aryl methyl sites for hydroxylation is 1. The van der Waals surface area contributed by atoms with E-state index in [2.05, 4.69) is 43.0 Å². The van der Waals surface area contributed by atoms with Crippen LogP contribution in [0.2, 0.25) is 0 Å². The summed E-state index contributed by atoms with van der Waals surface area (Å²) in [5, 5.41) is 30.4. The maximum absolute atomic E-state index is 10.8. The lowest BCUT2D eigenvalue weighted by atomic mass is 9.50. The minimum absolute atomic E-state index is 0.0684. The Morgan fingerprint density at radius 3 is 2.74 bits per heavy atom. The Kier molecular flexibility index (Phi) is 5.95. The average Bonchev–Trinajstić information content (AvgIpc) is 2.59. The largest absolute Gasteiger partial charge is 0.393 e. The first kappa shape index (κ1) is 20.3. The first-order valence-corrected chi connectivity index (χ1v) is 10.3. The van der Waals surface area contributed by atoms with E-state index in [4.69, 9.17) is 0 Å². The predicted molar refractivity (Wildman–Crippen MR) is 110 cm³/mol. The monoisotopic (exact) mass is 370 g/mol. The SMILES string of the molecule is C=C1C2C[C@@H](O)C[C@]1(O)C2/C=C/c1cccc(CCCCCC(C)(C)O)c1. The van der Waals surface area contributed by atoms with Crippen LogP contribution in [-0.4, -0.2) is 32.6 Å². The molecule has 1 aromatic rings. The molecule has 0 radical (unpaired) electrons. The van der Waals surface area contributed by atoms with Crippen molar-refractivity contribution >= 4 is 6.08 Å². The zero-order chi connectivity index (χ0) is 19.7. The third-order valence-corrected chi connectivity index (χ3v) is 6.26. The number of hydrogen-bond donors (Lipinski definition) is 3. The van der Waals surface area contributed by atoms with Crippen LogP contribution in [0.5, 0.6) is 0 Å². The molecule has 2 saturated carbocycles. The summed E-state index contributed by atoms with van der Waals surface area (Å²) in [6.45, 7) is 7.76. The van der Waals surface area contributed by atoms with Gasteiger partial charge in [-0.15, -0.1) is 0 Å². The molecular weight excluding hydrogens is 336 g/mol. The molecule has 0 amide bonds. The highest BCUT2D eigenvalue weighted by Gasteiger charge is 2.59. The normalized spacial score (nSPS) is 30.6. The van der Waals surface area contributed by atoms with Crippen LogP contribution in [0.15, 0.2) is 42.5 Å². The maximum atomic E-state index is 10.8. The topological polar surface area (TPSA) is 60.7 Å². The van der Waals surface area contributed by atoms with Crippen LogP contribution in [0, 0.1) is 11.8 Å². The van der Waals surface area contributed by atoms with Crippen molar-refractivity contribution in [1.29, 1.82) is 0 Å². The fourth-order valence-corrected chi connectivity index (χ4v) is 4.70. The Balaban J connectivity index is 1.52. The van der Waals surface area contributed by atoms with Gasteiger partial charge in [0.05, 0.1) is 17.3 Å². The van der Waals surface area contributed by atoms with Crippen molar-refractivity contribution < 1.29 is 15.3 Å². The van der Waals surface area contributed by atoms with E-state index in [1.54, 1.807) is 0 Å². The second kappa shape index (κ2) is 7.90. The number of aliphatic hydroxyl groups is 3. The Bertz CT molecular complexity index is 700. The van der Waals surface area contributed by atoms with Crippen LogP contribution in [0.3, 0.4) is 0 Å². The second-order valence-corrected chi connectivity index (χ2v) is 9.15. The lowest BCUT2D eigenvalue weighted by Crippen LogP contribution is -2.61. The van der Waals surface area contributed by atoms with Crippen molar-refractivity contribution in [2.45, 2.75) is 76.1 Å². The standard InChI is InChI=1S/C24H34O3/c1-17-21-15-20(25)16-24(17,27)22(21)12-11-19-10-7-9-18(14-19)8-5-4-6-13-23(2,3)26/h7,9-12,14,20-22,25-27H,1,4-6,8,13,15-16H2,2-3H3/b12-11+/t20-,21?,22?,24-/m1/s1. The molecule has 3 heteroatoms. The number of benzene rings is 1. The molecule has 0 saturated heterocycles. The molecule has 3 nitrogen and oxygen atoms in total. The summed E-state index contributed by atoms with van der Waals surface area (Å²) in [6.07, 6.45) is 10.1. The molecular formula is C24H34O3. The van der Waals surface area contributed by atoms with Crippen LogP contribution in [0.1, 0.15) is 63.5 Å².